The Morgan fingerprint density at radius 1 is 0.789 bits per heavy atom. The first-order valence-electron chi connectivity index (χ1n) is 3.76. The maximum Gasteiger partial charge on any atom is 0.395 e. The number of carboxylic acid groups (broad SMARTS) is 1. The van der Waals surface area contributed by atoms with E-state index in [2.05, 4.69) is 34.8 Å². The van der Waals surface area contributed by atoms with Crippen molar-refractivity contribution in [1.29, 1.82) is 0 Å². The van der Waals surface area contributed by atoms with E-state index in [9.17, 15) is 39.9 Å². The molecule has 1 N–H and O–H groups in total. The molecule has 0 bridgehead atoms. The molecule has 0 aliphatic rings. The fraction of sp³-hybridized carbons (Fsp3) is 0.833. The van der Waals surface area contributed by atoms with E-state index in [1.165, 1.54) is 0 Å². The second-order valence-electron chi connectivity index (χ2n) is 3.10. The third-order valence-electron chi connectivity index (χ3n) is 1.81. The Hall–Kier alpha value is -0.220. The van der Waals surface area contributed by atoms with E-state index in [4.69, 9.17) is 5.11 Å². The SMILES string of the molecule is O=C(O)C(F)(F)[C@](F)(Cl)C(F)(F)[C@@](F)(Cl)C(F)(F)Cl. The van der Waals surface area contributed by atoms with Crippen molar-refractivity contribution in [2.24, 2.45) is 0 Å². The number of alkyl halides is 11. The number of aliphatic carboxylic acids is 1. The van der Waals surface area contributed by atoms with Crippen molar-refractivity contribution in [3.05, 3.63) is 0 Å². The molecule has 0 rings (SSSR count). The summed E-state index contributed by atoms with van der Waals surface area (Å²) in [6, 6.07) is 0. The fourth-order valence-electron chi connectivity index (χ4n) is 0.707. The molecule has 0 unspecified atom stereocenters. The number of rotatable bonds is 5. The summed E-state index contributed by atoms with van der Waals surface area (Å²) in [7, 11) is 0. The summed E-state index contributed by atoms with van der Waals surface area (Å²) in [6.07, 6.45) is 0. The van der Waals surface area contributed by atoms with Crippen LogP contribution < -0.4 is 0 Å². The Bertz CT molecular complexity index is 377. The van der Waals surface area contributed by atoms with Crippen molar-refractivity contribution in [1.82, 2.24) is 0 Å². The molecule has 0 aliphatic carbocycles. The maximum absolute atomic E-state index is 13.1. The van der Waals surface area contributed by atoms with Crippen LogP contribution in [0.1, 0.15) is 0 Å². The predicted molar refractivity (Wildman–Crippen MR) is 47.7 cm³/mol. The molecule has 0 saturated heterocycles. The molecule has 2 atom stereocenters. The average molecular weight is 363 g/mol. The van der Waals surface area contributed by atoms with Crippen molar-refractivity contribution in [2.75, 3.05) is 0 Å². The van der Waals surface area contributed by atoms with Crippen LogP contribution >= 0.6 is 34.8 Å². The summed E-state index contributed by atoms with van der Waals surface area (Å²) in [5, 5.41) is -9.95. The van der Waals surface area contributed by atoms with Gasteiger partial charge >= 0.3 is 33.5 Å². The van der Waals surface area contributed by atoms with Crippen molar-refractivity contribution >= 4 is 40.8 Å². The lowest BCUT2D eigenvalue weighted by molar-refractivity contribution is -0.265. The minimum absolute atomic E-state index is 3.56. The van der Waals surface area contributed by atoms with Crippen LogP contribution in [-0.2, 0) is 4.79 Å². The zero-order chi connectivity index (χ0) is 16.1. The average Bonchev–Trinajstić information content (AvgIpc) is 2.14. The van der Waals surface area contributed by atoms with Gasteiger partial charge in [-0.25, -0.2) is 13.6 Å². The lowest BCUT2D eigenvalue weighted by Crippen LogP contribution is -2.66. The normalized spacial score (nSPS) is 20.6. The second kappa shape index (κ2) is 4.66. The molecule has 19 heavy (non-hydrogen) atoms. The monoisotopic (exact) mass is 362 g/mol. The summed E-state index contributed by atoms with van der Waals surface area (Å²) < 4.78 is 102. The van der Waals surface area contributed by atoms with Gasteiger partial charge in [-0.05, 0) is 11.6 Å². The van der Waals surface area contributed by atoms with Crippen molar-refractivity contribution in [3.63, 3.8) is 0 Å². The molecule has 2 nitrogen and oxygen atoms in total. The molecule has 0 aromatic heterocycles. The first kappa shape index (κ1) is 18.8. The molecular weight excluding hydrogens is 362 g/mol. The van der Waals surface area contributed by atoms with Crippen LogP contribution in [0.2, 0.25) is 0 Å². The van der Waals surface area contributed by atoms with Gasteiger partial charge in [0.2, 0.25) is 0 Å². The Balaban J connectivity index is 5.99. The van der Waals surface area contributed by atoms with Gasteiger partial charge in [-0.15, -0.1) is 0 Å². The molecule has 0 spiro atoms. The molecule has 0 saturated carbocycles. The Morgan fingerprint density at radius 3 is 1.32 bits per heavy atom. The molecule has 0 amide bonds. The number of halogens is 11. The first-order chi connectivity index (χ1) is 7.94. The van der Waals surface area contributed by atoms with Crippen LogP contribution in [0.25, 0.3) is 0 Å². The van der Waals surface area contributed by atoms with E-state index in [-0.39, 0.29) is 0 Å². The molecule has 0 fully saturated rings. The van der Waals surface area contributed by atoms with E-state index >= 15 is 0 Å². The van der Waals surface area contributed by atoms with Crippen LogP contribution in [0.4, 0.5) is 35.1 Å². The highest BCUT2D eigenvalue weighted by Gasteiger charge is 2.85. The van der Waals surface area contributed by atoms with Crippen LogP contribution in [0.15, 0.2) is 0 Å². The quantitative estimate of drug-likeness (QED) is 0.593. The zero-order valence-electron chi connectivity index (χ0n) is 8.01. The smallest absolute Gasteiger partial charge is 0.395 e. The number of carboxylic acids is 1. The Morgan fingerprint density at radius 2 is 1.11 bits per heavy atom. The molecule has 114 valence electrons. The summed E-state index contributed by atoms with van der Waals surface area (Å²) in [4.78, 5) is 9.90. The summed E-state index contributed by atoms with van der Waals surface area (Å²) in [6.45, 7) is 0. The van der Waals surface area contributed by atoms with E-state index in [0.717, 1.165) is 0 Å². The minimum Gasteiger partial charge on any atom is -0.477 e. The van der Waals surface area contributed by atoms with Crippen LogP contribution in [-0.4, -0.2) is 38.6 Å². The molecule has 0 heterocycles. The third kappa shape index (κ3) is 2.54. The van der Waals surface area contributed by atoms with Crippen molar-refractivity contribution in [3.8, 4) is 0 Å². The van der Waals surface area contributed by atoms with Gasteiger partial charge in [0.25, 0.3) is 0 Å². The lowest BCUT2D eigenvalue weighted by atomic mass is 10.0. The van der Waals surface area contributed by atoms with Crippen molar-refractivity contribution in [2.45, 2.75) is 27.5 Å². The highest BCUT2D eigenvalue weighted by Crippen LogP contribution is 2.59. The number of hydrogen-bond donors (Lipinski definition) is 1. The topological polar surface area (TPSA) is 37.3 Å². The van der Waals surface area contributed by atoms with Gasteiger partial charge in [0.1, 0.15) is 0 Å². The zero-order valence-corrected chi connectivity index (χ0v) is 10.3. The molecule has 0 aromatic rings. The molecule has 0 aliphatic heterocycles. The standard InChI is InChI=1S/C6HCl3F8O2/c7-3(12,2(10,11)1(18)19)5(14,15)4(8,13)6(9,16)17/h(H,18,19)/t3-,4+/m1/s1. The number of carbonyl (C=O) groups is 1. The van der Waals surface area contributed by atoms with Gasteiger partial charge in [-0.2, -0.15) is 26.3 Å². The van der Waals surface area contributed by atoms with E-state index in [1.807, 2.05) is 0 Å². The van der Waals surface area contributed by atoms with Crippen LogP contribution in [0, 0.1) is 0 Å². The second-order valence-corrected chi connectivity index (χ2v) is 4.62. The van der Waals surface area contributed by atoms with Gasteiger partial charge < -0.3 is 5.11 Å². The summed E-state index contributed by atoms with van der Waals surface area (Å²) >= 11 is 11.7. The van der Waals surface area contributed by atoms with Gasteiger partial charge in [0.15, 0.2) is 0 Å². The summed E-state index contributed by atoms with van der Waals surface area (Å²) in [5.41, 5.74) is 0. The predicted octanol–water partition coefficient (Wildman–Crippen LogP) is 3.98. The molecule has 0 radical (unpaired) electrons. The van der Waals surface area contributed by atoms with E-state index in [0.29, 0.717) is 0 Å². The lowest BCUT2D eigenvalue weighted by Gasteiger charge is -2.38. The first-order valence-corrected chi connectivity index (χ1v) is 4.89. The van der Waals surface area contributed by atoms with Gasteiger partial charge in [0.05, 0.1) is 0 Å². The van der Waals surface area contributed by atoms with Gasteiger partial charge in [-0.1, -0.05) is 23.2 Å². The van der Waals surface area contributed by atoms with Crippen LogP contribution in [0.5, 0.6) is 0 Å². The van der Waals surface area contributed by atoms with Gasteiger partial charge in [0, 0.05) is 0 Å². The molecule has 0 aromatic carbocycles. The van der Waals surface area contributed by atoms with E-state index < -0.39 is 33.5 Å². The van der Waals surface area contributed by atoms with E-state index in [1.54, 1.807) is 0 Å². The Kier molecular flexibility index (Phi) is 4.61. The largest absolute Gasteiger partial charge is 0.477 e. The molecule has 13 heteroatoms. The third-order valence-corrected chi connectivity index (χ3v) is 3.11. The highest BCUT2D eigenvalue weighted by atomic mass is 35.5. The number of hydrogen-bond acceptors (Lipinski definition) is 1. The fourth-order valence-corrected chi connectivity index (χ4v) is 1.21. The Labute approximate surface area is 114 Å². The highest BCUT2D eigenvalue weighted by molar-refractivity contribution is 6.34. The van der Waals surface area contributed by atoms with Gasteiger partial charge in [-0.3, -0.25) is 0 Å². The van der Waals surface area contributed by atoms with Crippen molar-refractivity contribution < 1.29 is 45.0 Å². The maximum atomic E-state index is 13.1. The minimum atomic E-state index is -6.57. The van der Waals surface area contributed by atoms with Crippen LogP contribution in [0.3, 0.4) is 0 Å². The summed E-state index contributed by atoms with van der Waals surface area (Å²) in [5.74, 6) is -16.3. The molecular formula is C6HCl3F8O2.